The third-order valence-corrected chi connectivity index (χ3v) is 5.53. The zero-order valence-corrected chi connectivity index (χ0v) is 15.1. The molecule has 0 fully saturated rings. The third kappa shape index (κ3) is 3.43. The normalized spacial score (nSPS) is 14.5. The van der Waals surface area contributed by atoms with Gasteiger partial charge in [-0.15, -0.1) is 0 Å². The van der Waals surface area contributed by atoms with E-state index >= 15 is 0 Å². The summed E-state index contributed by atoms with van der Waals surface area (Å²) in [4.78, 5) is 13.3. The van der Waals surface area contributed by atoms with Crippen molar-refractivity contribution in [3.8, 4) is 0 Å². The van der Waals surface area contributed by atoms with E-state index in [0.717, 1.165) is 43.1 Å². The molecule has 0 saturated heterocycles. The molecule has 0 aromatic heterocycles. The van der Waals surface area contributed by atoms with Gasteiger partial charge in [0.1, 0.15) is 6.29 Å². The van der Waals surface area contributed by atoms with Gasteiger partial charge in [-0.1, -0.05) is 47.5 Å². The van der Waals surface area contributed by atoms with Gasteiger partial charge < -0.3 is 0 Å². The fraction of sp³-hybridized carbons (Fsp3) is 0.190. The number of carbonyl (C=O) groups is 1. The van der Waals surface area contributed by atoms with Crippen LogP contribution in [0.5, 0.6) is 0 Å². The lowest BCUT2D eigenvalue weighted by atomic mass is 9.99. The van der Waals surface area contributed by atoms with Crippen molar-refractivity contribution in [1.29, 1.82) is 0 Å². The van der Waals surface area contributed by atoms with Gasteiger partial charge in [-0.25, -0.2) is 0 Å². The number of halogens is 2. The van der Waals surface area contributed by atoms with Gasteiger partial charge in [0.25, 0.3) is 0 Å². The first kappa shape index (κ1) is 16.6. The van der Waals surface area contributed by atoms with Crippen molar-refractivity contribution in [3.63, 3.8) is 0 Å². The second-order valence-corrected chi connectivity index (χ2v) is 7.37. The van der Waals surface area contributed by atoms with E-state index in [0.29, 0.717) is 15.6 Å². The lowest BCUT2D eigenvalue weighted by Gasteiger charge is -2.29. The lowest BCUT2D eigenvalue weighted by Crippen LogP contribution is -2.30. The highest BCUT2D eigenvalue weighted by atomic mass is 35.5. The molecule has 0 N–H and O–H groups in total. The van der Waals surface area contributed by atoms with Gasteiger partial charge in [0.2, 0.25) is 0 Å². The third-order valence-electron chi connectivity index (χ3n) is 4.80. The highest BCUT2D eigenvalue weighted by Gasteiger charge is 2.18. The first-order chi connectivity index (χ1) is 12.1. The van der Waals surface area contributed by atoms with Crippen molar-refractivity contribution < 1.29 is 4.79 Å². The van der Waals surface area contributed by atoms with Crippen LogP contribution in [0, 0.1) is 0 Å². The highest BCUT2D eigenvalue weighted by Crippen LogP contribution is 2.30. The number of benzene rings is 3. The molecule has 0 unspecified atom stereocenters. The van der Waals surface area contributed by atoms with E-state index < -0.39 is 0 Å². The number of fused-ring (bicyclic) bond motifs is 2. The van der Waals surface area contributed by atoms with Crippen LogP contribution in [0.25, 0.3) is 10.8 Å². The van der Waals surface area contributed by atoms with E-state index in [1.54, 1.807) is 0 Å². The van der Waals surface area contributed by atoms with Crippen LogP contribution in [0.4, 0.5) is 0 Å². The van der Waals surface area contributed by atoms with E-state index in [1.165, 1.54) is 16.7 Å². The maximum atomic E-state index is 10.9. The average Bonchev–Trinajstić information content (AvgIpc) is 2.62. The fourth-order valence-corrected chi connectivity index (χ4v) is 3.86. The Bertz CT molecular complexity index is 968. The van der Waals surface area contributed by atoms with E-state index in [4.69, 9.17) is 23.2 Å². The van der Waals surface area contributed by atoms with Crippen molar-refractivity contribution in [1.82, 2.24) is 4.90 Å². The van der Waals surface area contributed by atoms with Gasteiger partial charge >= 0.3 is 0 Å². The average molecular weight is 370 g/mol. The van der Waals surface area contributed by atoms with Crippen LogP contribution in [-0.2, 0) is 19.5 Å². The summed E-state index contributed by atoms with van der Waals surface area (Å²) in [6.45, 7) is 2.78. The Morgan fingerprint density at radius 3 is 2.44 bits per heavy atom. The molecule has 0 amide bonds. The Labute approximate surface area is 157 Å². The van der Waals surface area contributed by atoms with Gasteiger partial charge in [0.15, 0.2) is 0 Å². The predicted octanol–water partition coefficient (Wildman–Crippen LogP) is 5.52. The minimum Gasteiger partial charge on any atom is -0.298 e. The summed E-state index contributed by atoms with van der Waals surface area (Å²) in [5.74, 6) is 0. The number of hydrogen-bond acceptors (Lipinski definition) is 2. The van der Waals surface area contributed by atoms with Crippen molar-refractivity contribution in [2.24, 2.45) is 0 Å². The number of nitrogens with zero attached hydrogens (tertiary/aromatic N) is 1. The van der Waals surface area contributed by atoms with Gasteiger partial charge in [-0.2, -0.15) is 0 Å². The molecular weight excluding hydrogens is 353 g/mol. The molecule has 1 aliphatic rings. The zero-order chi connectivity index (χ0) is 17.4. The molecule has 3 aromatic rings. The second-order valence-electron chi connectivity index (χ2n) is 6.55. The van der Waals surface area contributed by atoms with Crippen molar-refractivity contribution in [2.45, 2.75) is 19.5 Å². The molecule has 25 heavy (non-hydrogen) atoms. The summed E-state index contributed by atoms with van der Waals surface area (Å²) in [6, 6.07) is 16.2. The number of carbonyl (C=O) groups excluding carboxylic acids is 1. The van der Waals surface area contributed by atoms with Crippen LogP contribution in [0.1, 0.15) is 27.0 Å². The van der Waals surface area contributed by atoms with E-state index in [1.807, 2.05) is 30.3 Å². The maximum absolute atomic E-state index is 10.9. The van der Waals surface area contributed by atoms with Crippen LogP contribution in [0.2, 0.25) is 10.0 Å². The lowest BCUT2D eigenvalue weighted by molar-refractivity contribution is 0.112. The SMILES string of the molecule is O=Cc1ccc2cc(CN3CCc4cc(Cl)c(Cl)cc4C3)ccc2c1. The standard InChI is InChI=1S/C21H17Cl2NO/c22-20-9-18-5-6-24(12-19(18)10-21(20)23)11-14-1-3-17-8-15(13-25)2-4-16(17)7-14/h1-4,7-10,13H,5-6,11-12H2. The molecule has 1 aliphatic heterocycles. The molecular formula is C21H17Cl2NO. The Kier molecular flexibility index (Phi) is 4.51. The molecule has 3 aromatic carbocycles. The Morgan fingerprint density at radius 1 is 0.920 bits per heavy atom. The minimum atomic E-state index is 0.624. The van der Waals surface area contributed by atoms with E-state index in [9.17, 15) is 4.79 Å². The van der Waals surface area contributed by atoms with Crippen molar-refractivity contribution >= 4 is 40.3 Å². The van der Waals surface area contributed by atoms with Crippen molar-refractivity contribution in [2.75, 3.05) is 6.54 Å². The highest BCUT2D eigenvalue weighted by molar-refractivity contribution is 6.42. The maximum Gasteiger partial charge on any atom is 0.150 e. The Morgan fingerprint density at radius 2 is 1.64 bits per heavy atom. The van der Waals surface area contributed by atoms with Crippen LogP contribution >= 0.6 is 23.2 Å². The molecule has 0 radical (unpaired) electrons. The van der Waals surface area contributed by atoms with Crippen LogP contribution in [0.15, 0.2) is 48.5 Å². The summed E-state index contributed by atoms with van der Waals surface area (Å²) in [5.41, 5.74) is 4.54. The number of hydrogen-bond donors (Lipinski definition) is 0. The first-order valence-electron chi connectivity index (χ1n) is 8.29. The largest absolute Gasteiger partial charge is 0.298 e. The smallest absolute Gasteiger partial charge is 0.150 e. The van der Waals surface area contributed by atoms with Gasteiger partial charge in [-0.05, 0) is 58.1 Å². The molecule has 0 aliphatic carbocycles. The van der Waals surface area contributed by atoms with E-state index in [-0.39, 0.29) is 0 Å². The molecule has 4 rings (SSSR count). The van der Waals surface area contributed by atoms with Crippen molar-refractivity contribution in [3.05, 3.63) is 80.8 Å². The summed E-state index contributed by atoms with van der Waals surface area (Å²) < 4.78 is 0. The van der Waals surface area contributed by atoms with E-state index in [2.05, 4.69) is 23.1 Å². The minimum absolute atomic E-state index is 0.624. The predicted molar refractivity (Wildman–Crippen MR) is 104 cm³/mol. The molecule has 0 saturated carbocycles. The molecule has 4 heteroatoms. The topological polar surface area (TPSA) is 20.3 Å². The molecule has 0 bridgehead atoms. The molecule has 1 heterocycles. The van der Waals surface area contributed by atoms with Crippen LogP contribution in [0.3, 0.4) is 0 Å². The summed E-state index contributed by atoms with van der Waals surface area (Å²) in [5, 5.41) is 3.52. The molecule has 0 spiro atoms. The quantitative estimate of drug-likeness (QED) is 0.566. The van der Waals surface area contributed by atoms with Gasteiger partial charge in [0, 0.05) is 25.2 Å². The zero-order valence-electron chi connectivity index (χ0n) is 13.6. The summed E-state index contributed by atoms with van der Waals surface area (Å²) >= 11 is 12.3. The number of rotatable bonds is 3. The number of aldehydes is 1. The Balaban J connectivity index is 1.55. The summed E-state index contributed by atoms with van der Waals surface area (Å²) in [6.07, 6.45) is 1.87. The monoisotopic (exact) mass is 369 g/mol. The molecule has 2 nitrogen and oxygen atoms in total. The summed E-state index contributed by atoms with van der Waals surface area (Å²) in [7, 11) is 0. The Hall–Kier alpha value is -1.87. The molecule has 0 atom stereocenters. The van der Waals surface area contributed by atoms with Crippen LogP contribution in [-0.4, -0.2) is 17.7 Å². The van der Waals surface area contributed by atoms with Gasteiger partial charge in [-0.3, -0.25) is 9.69 Å². The van der Waals surface area contributed by atoms with Gasteiger partial charge in [0.05, 0.1) is 10.0 Å². The first-order valence-corrected chi connectivity index (χ1v) is 9.05. The fourth-order valence-electron chi connectivity index (χ4n) is 3.49. The van der Waals surface area contributed by atoms with Crippen LogP contribution < -0.4 is 0 Å². The molecule has 126 valence electrons. The second kappa shape index (κ2) is 6.80.